The van der Waals surface area contributed by atoms with Crippen LogP contribution in [0.1, 0.15) is 36.5 Å². The second-order valence-corrected chi connectivity index (χ2v) is 4.98. The lowest BCUT2D eigenvalue weighted by Crippen LogP contribution is -1.86. The molecule has 0 saturated heterocycles. The third kappa shape index (κ3) is 2.75. The molecule has 1 aromatic carbocycles. The minimum absolute atomic E-state index is 0.138. The van der Waals surface area contributed by atoms with Gasteiger partial charge in [-0.05, 0) is 30.5 Å². The summed E-state index contributed by atoms with van der Waals surface area (Å²) >= 11 is 3.50. The summed E-state index contributed by atoms with van der Waals surface area (Å²) in [5, 5.41) is 8.11. The van der Waals surface area contributed by atoms with E-state index in [4.69, 9.17) is 4.42 Å². The Balaban J connectivity index is 2.24. The van der Waals surface area contributed by atoms with Crippen molar-refractivity contribution < 1.29 is 4.42 Å². The molecule has 0 fully saturated rings. The quantitative estimate of drug-likeness (QED) is 0.795. The first-order valence-corrected chi connectivity index (χ1v) is 6.73. The number of alkyl halides is 1. The van der Waals surface area contributed by atoms with E-state index in [2.05, 4.69) is 52.1 Å². The number of halogens is 1. The molecule has 1 atom stereocenters. The van der Waals surface area contributed by atoms with Gasteiger partial charge in [0.1, 0.15) is 0 Å². The van der Waals surface area contributed by atoms with Gasteiger partial charge in [-0.25, -0.2) is 0 Å². The summed E-state index contributed by atoms with van der Waals surface area (Å²) < 4.78 is 5.63. The first kappa shape index (κ1) is 12.3. The summed E-state index contributed by atoms with van der Waals surface area (Å²) in [4.78, 5) is 0.138. The van der Waals surface area contributed by atoms with E-state index in [1.165, 1.54) is 5.56 Å². The smallest absolute Gasteiger partial charge is 0.247 e. The summed E-state index contributed by atoms with van der Waals surface area (Å²) in [7, 11) is 0. The number of hydrogen-bond acceptors (Lipinski definition) is 3. The fourth-order valence-electron chi connectivity index (χ4n) is 1.54. The number of benzene rings is 1. The Bertz CT molecular complexity index is 478. The Morgan fingerprint density at radius 1 is 1.18 bits per heavy atom. The van der Waals surface area contributed by atoms with Gasteiger partial charge in [-0.3, -0.25) is 0 Å². The molecule has 0 spiro atoms. The third-order valence-electron chi connectivity index (χ3n) is 2.68. The zero-order valence-electron chi connectivity index (χ0n) is 9.98. The van der Waals surface area contributed by atoms with Crippen molar-refractivity contribution in [3.8, 4) is 11.5 Å². The SMILES string of the molecule is CCc1ccc(-c2nnc(C(Br)CC)o2)cc1. The van der Waals surface area contributed by atoms with Gasteiger partial charge >= 0.3 is 0 Å². The molecule has 17 heavy (non-hydrogen) atoms. The van der Waals surface area contributed by atoms with Gasteiger partial charge in [-0.1, -0.05) is 41.9 Å². The van der Waals surface area contributed by atoms with E-state index in [9.17, 15) is 0 Å². The van der Waals surface area contributed by atoms with Crippen LogP contribution in [0, 0.1) is 0 Å². The van der Waals surface area contributed by atoms with Crippen LogP contribution in [0.25, 0.3) is 11.5 Å². The molecule has 0 radical (unpaired) electrons. The van der Waals surface area contributed by atoms with Crippen LogP contribution < -0.4 is 0 Å². The molecule has 1 aromatic heterocycles. The van der Waals surface area contributed by atoms with Gasteiger partial charge in [0, 0.05) is 5.56 Å². The van der Waals surface area contributed by atoms with Crippen molar-refractivity contribution in [1.29, 1.82) is 0 Å². The van der Waals surface area contributed by atoms with Gasteiger partial charge in [0.15, 0.2) is 0 Å². The van der Waals surface area contributed by atoms with Crippen molar-refractivity contribution in [1.82, 2.24) is 10.2 Å². The zero-order chi connectivity index (χ0) is 12.3. The van der Waals surface area contributed by atoms with Crippen LogP contribution in [0.4, 0.5) is 0 Å². The van der Waals surface area contributed by atoms with Gasteiger partial charge in [0.25, 0.3) is 0 Å². The van der Waals surface area contributed by atoms with E-state index in [1.54, 1.807) is 0 Å². The summed E-state index contributed by atoms with van der Waals surface area (Å²) in [6.45, 7) is 4.20. The van der Waals surface area contributed by atoms with Gasteiger partial charge in [-0.2, -0.15) is 0 Å². The van der Waals surface area contributed by atoms with Crippen LogP contribution in [-0.2, 0) is 6.42 Å². The van der Waals surface area contributed by atoms with Crippen LogP contribution in [-0.4, -0.2) is 10.2 Å². The molecule has 0 aliphatic rings. The molecule has 0 aliphatic carbocycles. The van der Waals surface area contributed by atoms with Gasteiger partial charge < -0.3 is 4.42 Å². The molecule has 3 nitrogen and oxygen atoms in total. The highest BCUT2D eigenvalue weighted by molar-refractivity contribution is 9.09. The molecule has 4 heteroatoms. The molecule has 0 bridgehead atoms. The lowest BCUT2D eigenvalue weighted by Gasteiger charge is -1.99. The monoisotopic (exact) mass is 294 g/mol. The Labute approximate surface area is 109 Å². The fourth-order valence-corrected chi connectivity index (χ4v) is 1.72. The van der Waals surface area contributed by atoms with E-state index in [0.29, 0.717) is 11.8 Å². The molecule has 0 aliphatic heterocycles. The first-order chi connectivity index (χ1) is 8.24. The Morgan fingerprint density at radius 2 is 1.88 bits per heavy atom. The van der Waals surface area contributed by atoms with Crippen LogP contribution in [0.2, 0.25) is 0 Å². The molecular formula is C13H15BrN2O. The lowest BCUT2D eigenvalue weighted by molar-refractivity contribution is 0.500. The van der Waals surface area contributed by atoms with Crippen LogP contribution in [0.3, 0.4) is 0 Å². The van der Waals surface area contributed by atoms with Crippen molar-refractivity contribution in [2.45, 2.75) is 31.5 Å². The van der Waals surface area contributed by atoms with E-state index < -0.39 is 0 Å². The molecule has 2 aromatic rings. The number of aryl methyl sites for hydroxylation is 1. The van der Waals surface area contributed by atoms with Crippen molar-refractivity contribution in [2.24, 2.45) is 0 Å². The van der Waals surface area contributed by atoms with Crippen LogP contribution in [0.5, 0.6) is 0 Å². The average Bonchev–Trinajstić information content (AvgIpc) is 2.87. The van der Waals surface area contributed by atoms with Crippen molar-refractivity contribution >= 4 is 15.9 Å². The molecular weight excluding hydrogens is 280 g/mol. The zero-order valence-corrected chi connectivity index (χ0v) is 11.6. The maximum atomic E-state index is 5.63. The maximum Gasteiger partial charge on any atom is 0.247 e. The molecule has 1 heterocycles. The topological polar surface area (TPSA) is 38.9 Å². The molecule has 0 N–H and O–H groups in total. The Kier molecular flexibility index (Phi) is 3.94. The first-order valence-electron chi connectivity index (χ1n) is 5.81. The number of rotatable bonds is 4. The normalized spacial score (nSPS) is 12.6. The van der Waals surface area contributed by atoms with Gasteiger partial charge in [0.2, 0.25) is 11.8 Å². The lowest BCUT2D eigenvalue weighted by atomic mass is 10.1. The third-order valence-corrected chi connectivity index (χ3v) is 3.72. The minimum atomic E-state index is 0.138. The van der Waals surface area contributed by atoms with Gasteiger partial charge in [0.05, 0.1) is 4.83 Å². The number of hydrogen-bond donors (Lipinski definition) is 0. The molecule has 2 rings (SSSR count). The summed E-state index contributed by atoms with van der Waals surface area (Å²) in [5.74, 6) is 1.22. The van der Waals surface area contributed by atoms with E-state index in [0.717, 1.165) is 18.4 Å². The minimum Gasteiger partial charge on any atom is -0.419 e. The second kappa shape index (κ2) is 5.45. The molecule has 0 saturated carbocycles. The summed E-state index contributed by atoms with van der Waals surface area (Å²) in [6.07, 6.45) is 1.96. The molecule has 1 unspecified atom stereocenters. The Morgan fingerprint density at radius 3 is 2.47 bits per heavy atom. The predicted molar refractivity (Wildman–Crippen MR) is 71.1 cm³/mol. The highest BCUT2D eigenvalue weighted by Gasteiger charge is 2.14. The molecule has 0 amide bonds. The predicted octanol–water partition coefficient (Wildman–Crippen LogP) is 4.15. The maximum absolute atomic E-state index is 5.63. The standard InChI is InChI=1S/C13H15BrN2O/c1-3-9-5-7-10(8-6-9)12-15-16-13(17-12)11(14)4-2/h5-8,11H,3-4H2,1-2H3. The van der Waals surface area contributed by atoms with Crippen LogP contribution >= 0.6 is 15.9 Å². The average molecular weight is 295 g/mol. The van der Waals surface area contributed by atoms with E-state index in [-0.39, 0.29) is 4.83 Å². The Hall–Kier alpha value is -1.16. The highest BCUT2D eigenvalue weighted by atomic mass is 79.9. The van der Waals surface area contributed by atoms with Crippen molar-refractivity contribution in [3.05, 3.63) is 35.7 Å². The number of aromatic nitrogens is 2. The largest absolute Gasteiger partial charge is 0.419 e. The van der Waals surface area contributed by atoms with Crippen molar-refractivity contribution in [2.75, 3.05) is 0 Å². The summed E-state index contributed by atoms with van der Waals surface area (Å²) in [5.41, 5.74) is 2.28. The number of nitrogens with zero attached hydrogens (tertiary/aromatic N) is 2. The van der Waals surface area contributed by atoms with Gasteiger partial charge in [-0.15, -0.1) is 10.2 Å². The van der Waals surface area contributed by atoms with E-state index in [1.807, 2.05) is 12.1 Å². The summed E-state index contributed by atoms with van der Waals surface area (Å²) in [6, 6.07) is 8.21. The highest BCUT2D eigenvalue weighted by Crippen LogP contribution is 2.27. The molecule has 90 valence electrons. The van der Waals surface area contributed by atoms with Crippen molar-refractivity contribution in [3.63, 3.8) is 0 Å². The van der Waals surface area contributed by atoms with Crippen LogP contribution in [0.15, 0.2) is 28.7 Å². The van der Waals surface area contributed by atoms with E-state index >= 15 is 0 Å². The fraction of sp³-hybridized carbons (Fsp3) is 0.385. The second-order valence-electron chi connectivity index (χ2n) is 3.87.